The highest BCUT2D eigenvalue weighted by atomic mass is 35.5. The van der Waals surface area contributed by atoms with E-state index in [1.165, 1.54) is 12.1 Å². The van der Waals surface area contributed by atoms with Crippen molar-refractivity contribution in [1.82, 2.24) is 4.90 Å². The van der Waals surface area contributed by atoms with Crippen LogP contribution in [0.25, 0.3) is 0 Å². The van der Waals surface area contributed by atoms with Crippen molar-refractivity contribution in [1.29, 1.82) is 0 Å². The Morgan fingerprint density at radius 2 is 1.51 bits per heavy atom. The van der Waals surface area contributed by atoms with Gasteiger partial charge >= 0.3 is 6.36 Å². The summed E-state index contributed by atoms with van der Waals surface area (Å²) in [7, 11) is 2.02. The molecule has 1 N–H and O–H groups in total. The molecule has 2 aromatic carbocycles. The summed E-state index contributed by atoms with van der Waals surface area (Å²) in [5, 5.41) is 11.0. The van der Waals surface area contributed by atoms with Crippen molar-refractivity contribution < 1.29 is 27.8 Å². The van der Waals surface area contributed by atoms with Crippen molar-refractivity contribution in [2.45, 2.75) is 57.7 Å². The molecule has 198 valence electrons. The number of piperidine rings is 1. The Balaban J connectivity index is 0.00000306. The van der Waals surface area contributed by atoms with E-state index in [0.29, 0.717) is 25.8 Å². The van der Waals surface area contributed by atoms with E-state index in [0.717, 1.165) is 36.6 Å². The predicted octanol–water partition coefficient (Wildman–Crippen LogP) is 6.07. The lowest BCUT2D eigenvalue weighted by molar-refractivity contribution is -0.274. The molecule has 1 fully saturated rings. The fourth-order valence-electron chi connectivity index (χ4n) is 3.99. The molecule has 3 rings (SSSR count). The van der Waals surface area contributed by atoms with E-state index < -0.39 is 12.0 Å². The topological polar surface area (TPSA) is 45.2 Å². The zero-order chi connectivity index (χ0) is 24.1. The van der Waals surface area contributed by atoms with Crippen molar-refractivity contribution in [3.8, 4) is 11.5 Å². The highest BCUT2D eigenvalue weighted by molar-refractivity contribution is 5.85. The third kappa shape index (κ3) is 10.3. The van der Waals surface area contributed by atoms with Gasteiger partial charge in [0.25, 0.3) is 0 Å². The maximum absolute atomic E-state index is 12.3. The van der Waals surface area contributed by atoms with Crippen LogP contribution >= 0.6 is 24.8 Å². The Morgan fingerprint density at radius 3 is 2.03 bits per heavy atom. The molecule has 0 aromatic heterocycles. The normalized spacial score (nSPS) is 15.7. The zero-order valence-electron chi connectivity index (χ0n) is 20.3. The van der Waals surface area contributed by atoms with Gasteiger partial charge in [0, 0.05) is 38.9 Å². The van der Waals surface area contributed by atoms with Gasteiger partial charge < -0.3 is 19.5 Å². The van der Waals surface area contributed by atoms with Gasteiger partial charge in [-0.3, -0.25) is 4.90 Å². The van der Waals surface area contributed by atoms with Gasteiger partial charge in [-0.15, -0.1) is 38.0 Å². The molecule has 0 amide bonds. The smallest absolute Gasteiger partial charge is 0.491 e. The first kappa shape index (κ1) is 31.2. The Bertz CT molecular complexity index is 873. The van der Waals surface area contributed by atoms with E-state index in [2.05, 4.69) is 14.5 Å². The number of nitrogens with zero attached hydrogens (tertiary/aromatic N) is 2. The summed E-state index contributed by atoms with van der Waals surface area (Å²) in [6.45, 7) is 6.84. The molecule has 5 nitrogen and oxygen atoms in total. The van der Waals surface area contributed by atoms with Gasteiger partial charge in [0.05, 0.1) is 11.7 Å². The maximum atomic E-state index is 12.3. The van der Waals surface area contributed by atoms with Crippen LogP contribution in [0.5, 0.6) is 11.5 Å². The van der Waals surface area contributed by atoms with Crippen LogP contribution in [0.15, 0.2) is 48.5 Å². The van der Waals surface area contributed by atoms with Crippen LogP contribution in [0, 0.1) is 0 Å². The van der Waals surface area contributed by atoms with Gasteiger partial charge in [-0.25, -0.2) is 0 Å². The lowest BCUT2D eigenvalue weighted by Crippen LogP contribution is -2.45. The summed E-state index contributed by atoms with van der Waals surface area (Å²) in [6, 6.07) is 13.9. The minimum absolute atomic E-state index is 0. The lowest BCUT2D eigenvalue weighted by atomic mass is 9.88. The van der Waals surface area contributed by atoms with E-state index in [-0.39, 0.29) is 36.7 Å². The molecule has 0 bridgehead atoms. The minimum atomic E-state index is -4.68. The lowest BCUT2D eigenvalue weighted by Gasteiger charge is -2.39. The summed E-state index contributed by atoms with van der Waals surface area (Å²) >= 11 is 0. The van der Waals surface area contributed by atoms with Gasteiger partial charge in [0.15, 0.2) is 0 Å². The molecule has 0 atom stereocenters. The first-order chi connectivity index (χ1) is 15.5. The van der Waals surface area contributed by atoms with Crippen LogP contribution in [0.2, 0.25) is 0 Å². The summed E-state index contributed by atoms with van der Waals surface area (Å²) in [4.78, 5) is 4.35. The van der Waals surface area contributed by atoms with Crippen LogP contribution < -0.4 is 14.4 Å². The Kier molecular flexibility index (Phi) is 12.0. The Morgan fingerprint density at radius 1 is 0.971 bits per heavy atom. The molecular formula is C25H35Cl2F3N2O3. The fourth-order valence-corrected chi connectivity index (χ4v) is 3.99. The quantitative estimate of drug-likeness (QED) is 0.419. The van der Waals surface area contributed by atoms with Crippen LogP contribution in [0.1, 0.15) is 38.7 Å². The second-order valence-electron chi connectivity index (χ2n) is 9.02. The molecule has 0 aliphatic carbocycles. The van der Waals surface area contributed by atoms with Gasteiger partial charge in [0.2, 0.25) is 0 Å². The number of benzene rings is 2. The monoisotopic (exact) mass is 538 g/mol. The molecule has 2 aromatic rings. The number of likely N-dealkylation sites (tertiary alicyclic amines) is 1. The molecule has 1 aliphatic heterocycles. The highest BCUT2D eigenvalue weighted by Gasteiger charge is 2.33. The second-order valence-corrected chi connectivity index (χ2v) is 9.02. The van der Waals surface area contributed by atoms with E-state index in [1.54, 1.807) is 12.1 Å². The van der Waals surface area contributed by atoms with E-state index in [4.69, 9.17) is 4.74 Å². The van der Waals surface area contributed by atoms with Crippen LogP contribution in [-0.4, -0.2) is 54.8 Å². The molecule has 0 saturated carbocycles. The number of aliphatic hydroxyl groups is 1. The van der Waals surface area contributed by atoms with Gasteiger partial charge in [-0.1, -0.05) is 12.1 Å². The standard InChI is InChI=1S/C25H33F3N2O3.2ClH/c1-19(2)32-22-10-6-21(7-11-22)29(3)15-12-24(31)13-16-30(17-14-24)18-20-4-8-23(9-5-20)33-25(26,27)28;;/h4-11,19,31H,12-18H2,1-3H3;2*1H. The maximum Gasteiger partial charge on any atom is 0.573 e. The van der Waals surface area contributed by atoms with E-state index >= 15 is 0 Å². The largest absolute Gasteiger partial charge is 0.573 e. The van der Waals surface area contributed by atoms with Crippen molar-refractivity contribution in [3.05, 3.63) is 54.1 Å². The first-order valence-electron chi connectivity index (χ1n) is 11.3. The predicted molar refractivity (Wildman–Crippen MR) is 137 cm³/mol. The summed E-state index contributed by atoms with van der Waals surface area (Å²) in [6.07, 6.45) is -2.55. The van der Waals surface area contributed by atoms with Crippen LogP contribution in [-0.2, 0) is 6.54 Å². The molecule has 0 unspecified atom stereocenters. The number of hydrogen-bond acceptors (Lipinski definition) is 5. The van der Waals surface area contributed by atoms with Crippen LogP contribution in [0.4, 0.5) is 18.9 Å². The van der Waals surface area contributed by atoms with E-state index in [1.807, 2.05) is 45.2 Å². The summed E-state index contributed by atoms with van der Waals surface area (Å²) in [5.74, 6) is 0.626. The van der Waals surface area contributed by atoms with Crippen molar-refractivity contribution in [3.63, 3.8) is 0 Å². The number of rotatable bonds is 9. The van der Waals surface area contributed by atoms with E-state index in [9.17, 15) is 18.3 Å². The number of ether oxygens (including phenoxy) is 2. The summed E-state index contributed by atoms with van der Waals surface area (Å²) in [5.41, 5.74) is 1.28. The van der Waals surface area contributed by atoms with Crippen LogP contribution in [0.3, 0.4) is 0 Å². The molecule has 35 heavy (non-hydrogen) atoms. The SMILES string of the molecule is CC(C)Oc1ccc(N(C)CCC2(O)CCN(Cc3ccc(OC(F)(F)F)cc3)CC2)cc1.Cl.Cl. The van der Waals surface area contributed by atoms with Gasteiger partial charge in [0.1, 0.15) is 11.5 Å². The average molecular weight is 539 g/mol. The molecule has 1 aliphatic rings. The Hall–Kier alpha value is -1.87. The number of alkyl halides is 3. The zero-order valence-corrected chi connectivity index (χ0v) is 21.9. The summed E-state index contributed by atoms with van der Waals surface area (Å²) < 4.78 is 46.5. The Labute approximate surface area is 218 Å². The number of hydrogen-bond donors (Lipinski definition) is 1. The number of anilines is 1. The van der Waals surface area contributed by atoms with Gasteiger partial charge in [-0.05, 0) is 75.1 Å². The van der Waals surface area contributed by atoms with Gasteiger partial charge in [-0.2, -0.15) is 0 Å². The molecule has 1 heterocycles. The molecule has 10 heteroatoms. The number of halogens is 5. The first-order valence-corrected chi connectivity index (χ1v) is 11.3. The third-order valence-electron chi connectivity index (χ3n) is 5.91. The second kappa shape index (κ2) is 13.4. The average Bonchev–Trinajstić information content (AvgIpc) is 2.74. The molecule has 1 saturated heterocycles. The highest BCUT2D eigenvalue weighted by Crippen LogP contribution is 2.29. The molecule has 0 spiro atoms. The molecular weight excluding hydrogens is 504 g/mol. The third-order valence-corrected chi connectivity index (χ3v) is 5.91. The van der Waals surface area contributed by atoms with Crippen molar-refractivity contribution in [2.75, 3.05) is 31.6 Å². The molecule has 0 radical (unpaired) electrons. The minimum Gasteiger partial charge on any atom is -0.491 e. The van der Waals surface area contributed by atoms with Crippen molar-refractivity contribution in [2.24, 2.45) is 0 Å². The fraction of sp³-hybridized carbons (Fsp3) is 0.520. The van der Waals surface area contributed by atoms with Crippen molar-refractivity contribution >= 4 is 30.5 Å².